The summed E-state index contributed by atoms with van der Waals surface area (Å²) in [5.41, 5.74) is 6.99. The van der Waals surface area contributed by atoms with E-state index in [0.29, 0.717) is 24.5 Å². The number of aliphatic imine (C=N–C) groups is 1. The number of nitrogens with two attached hydrogens (primary N) is 1. The van der Waals surface area contributed by atoms with Crippen molar-refractivity contribution in [2.24, 2.45) is 10.7 Å². The summed E-state index contributed by atoms with van der Waals surface area (Å²) >= 11 is 0. The van der Waals surface area contributed by atoms with E-state index in [-0.39, 0.29) is 0 Å². The summed E-state index contributed by atoms with van der Waals surface area (Å²) in [5.74, 6) is 1.72. The number of nitrogens with zero attached hydrogens (tertiary/aromatic N) is 3. The van der Waals surface area contributed by atoms with Crippen molar-refractivity contribution in [2.75, 3.05) is 19.6 Å². The second kappa shape index (κ2) is 8.91. The van der Waals surface area contributed by atoms with Crippen LogP contribution in [0.1, 0.15) is 63.8 Å². The molecule has 130 valence electrons. The van der Waals surface area contributed by atoms with Crippen molar-refractivity contribution in [3.05, 3.63) is 17.5 Å². The molecule has 1 saturated heterocycles. The number of rotatable bonds is 8. The lowest BCUT2D eigenvalue weighted by molar-refractivity contribution is 0.267. The highest BCUT2D eigenvalue weighted by atomic mass is 16.5. The van der Waals surface area contributed by atoms with Crippen LogP contribution in [-0.2, 0) is 6.54 Å². The lowest BCUT2D eigenvalue weighted by Gasteiger charge is -2.23. The molecule has 1 aliphatic rings. The highest BCUT2D eigenvalue weighted by molar-refractivity contribution is 5.77. The van der Waals surface area contributed by atoms with E-state index in [1.54, 1.807) is 0 Å². The van der Waals surface area contributed by atoms with Gasteiger partial charge in [-0.05, 0) is 38.8 Å². The standard InChI is InChI=1S/C17H31N5O/c1-4-13(5-2)16-10-15(23-21-16)12-20-17(18)19-11-14-8-7-9-22(14)6-3/h10,13-14H,4-9,11-12H2,1-3H3,(H3,18,19,20). The van der Waals surface area contributed by atoms with Gasteiger partial charge in [0.25, 0.3) is 0 Å². The van der Waals surface area contributed by atoms with Gasteiger partial charge >= 0.3 is 0 Å². The van der Waals surface area contributed by atoms with Crippen molar-refractivity contribution in [2.45, 2.75) is 65.0 Å². The molecule has 0 spiro atoms. The van der Waals surface area contributed by atoms with Gasteiger partial charge in [0.15, 0.2) is 11.7 Å². The minimum atomic E-state index is 0.439. The van der Waals surface area contributed by atoms with Crippen LogP contribution in [0.25, 0.3) is 0 Å². The van der Waals surface area contributed by atoms with Crippen LogP contribution in [0.2, 0.25) is 0 Å². The van der Waals surface area contributed by atoms with Gasteiger partial charge in [0, 0.05) is 24.6 Å². The zero-order chi connectivity index (χ0) is 16.7. The summed E-state index contributed by atoms with van der Waals surface area (Å²) in [6.07, 6.45) is 4.65. The Balaban J connectivity index is 1.80. The maximum absolute atomic E-state index is 5.96. The van der Waals surface area contributed by atoms with Gasteiger partial charge in [-0.25, -0.2) is 4.99 Å². The summed E-state index contributed by atoms with van der Waals surface area (Å²) in [5, 5.41) is 7.39. The summed E-state index contributed by atoms with van der Waals surface area (Å²) in [6, 6.07) is 2.57. The molecule has 1 aliphatic heterocycles. The van der Waals surface area contributed by atoms with Crippen molar-refractivity contribution < 1.29 is 4.52 Å². The van der Waals surface area contributed by atoms with Crippen LogP contribution < -0.4 is 11.1 Å². The Morgan fingerprint density at radius 3 is 2.96 bits per heavy atom. The van der Waals surface area contributed by atoms with Crippen LogP contribution in [0, 0.1) is 0 Å². The zero-order valence-corrected chi connectivity index (χ0v) is 14.7. The van der Waals surface area contributed by atoms with E-state index in [1.807, 2.05) is 6.07 Å². The summed E-state index contributed by atoms with van der Waals surface area (Å²) in [6.45, 7) is 10.1. The predicted molar refractivity (Wildman–Crippen MR) is 93.4 cm³/mol. The summed E-state index contributed by atoms with van der Waals surface area (Å²) in [4.78, 5) is 6.85. The van der Waals surface area contributed by atoms with E-state index < -0.39 is 0 Å². The number of nitrogens with one attached hydrogen (secondary N) is 1. The third-order valence-electron chi connectivity index (χ3n) is 4.81. The van der Waals surface area contributed by atoms with Crippen molar-refractivity contribution in [3.8, 4) is 0 Å². The molecular formula is C17H31N5O. The van der Waals surface area contributed by atoms with Crippen molar-refractivity contribution in [1.29, 1.82) is 0 Å². The van der Waals surface area contributed by atoms with Gasteiger partial charge in [-0.3, -0.25) is 4.90 Å². The Hall–Kier alpha value is -1.56. The minimum Gasteiger partial charge on any atom is -0.370 e. The number of aromatic nitrogens is 1. The number of guanidine groups is 1. The largest absolute Gasteiger partial charge is 0.370 e. The van der Waals surface area contributed by atoms with Crippen molar-refractivity contribution in [1.82, 2.24) is 15.4 Å². The molecule has 1 aromatic rings. The number of hydrogen-bond donors (Lipinski definition) is 2. The first-order valence-corrected chi connectivity index (χ1v) is 8.91. The quantitative estimate of drug-likeness (QED) is 0.568. The molecule has 0 aliphatic carbocycles. The fourth-order valence-corrected chi connectivity index (χ4v) is 3.29. The summed E-state index contributed by atoms with van der Waals surface area (Å²) < 4.78 is 5.36. The molecule has 23 heavy (non-hydrogen) atoms. The Kier molecular flexibility index (Phi) is 6.89. The van der Waals surface area contributed by atoms with Crippen LogP contribution in [0.3, 0.4) is 0 Å². The third-order valence-corrected chi connectivity index (χ3v) is 4.81. The smallest absolute Gasteiger partial charge is 0.189 e. The SMILES string of the molecule is CCC(CC)c1cc(CN=C(N)NCC2CCCN2CC)on1. The van der Waals surface area contributed by atoms with Gasteiger partial charge in [0.05, 0.1) is 5.69 Å². The lowest BCUT2D eigenvalue weighted by atomic mass is 9.99. The molecule has 0 bridgehead atoms. The van der Waals surface area contributed by atoms with Gasteiger partial charge in [-0.15, -0.1) is 0 Å². The highest BCUT2D eigenvalue weighted by Gasteiger charge is 2.22. The first-order valence-electron chi connectivity index (χ1n) is 8.91. The van der Waals surface area contributed by atoms with E-state index in [9.17, 15) is 0 Å². The minimum absolute atomic E-state index is 0.439. The molecule has 0 amide bonds. The van der Waals surface area contributed by atoms with Gasteiger partial charge in [0.2, 0.25) is 0 Å². The van der Waals surface area contributed by atoms with Crippen molar-refractivity contribution in [3.63, 3.8) is 0 Å². The molecule has 1 aromatic heterocycles. The Morgan fingerprint density at radius 2 is 2.26 bits per heavy atom. The van der Waals surface area contributed by atoms with Crippen LogP contribution in [0.4, 0.5) is 0 Å². The second-order valence-corrected chi connectivity index (χ2v) is 6.24. The number of likely N-dealkylation sites (N-methyl/N-ethyl adjacent to an activating group) is 1. The maximum atomic E-state index is 5.96. The summed E-state index contributed by atoms with van der Waals surface area (Å²) in [7, 11) is 0. The molecule has 1 atom stereocenters. The Labute approximate surface area is 139 Å². The van der Waals surface area contributed by atoms with Gasteiger partial charge in [-0.2, -0.15) is 0 Å². The molecule has 0 aromatic carbocycles. The lowest BCUT2D eigenvalue weighted by Crippen LogP contribution is -2.42. The number of hydrogen-bond acceptors (Lipinski definition) is 4. The average Bonchev–Trinajstić information content (AvgIpc) is 3.21. The topological polar surface area (TPSA) is 79.7 Å². The molecule has 2 rings (SSSR count). The second-order valence-electron chi connectivity index (χ2n) is 6.24. The fraction of sp³-hybridized carbons (Fsp3) is 0.765. The zero-order valence-electron chi connectivity index (χ0n) is 14.7. The van der Waals surface area contributed by atoms with Gasteiger partial charge < -0.3 is 15.6 Å². The first kappa shape index (κ1) is 17.8. The van der Waals surface area contributed by atoms with Crippen LogP contribution in [0.5, 0.6) is 0 Å². The monoisotopic (exact) mass is 321 g/mol. The van der Waals surface area contributed by atoms with E-state index in [0.717, 1.165) is 37.4 Å². The van der Waals surface area contributed by atoms with Crippen LogP contribution >= 0.6 is 0 Å². The molecule has 3 N–H and O–H groups in total. The van der Waals surface area contributed by atoms with Crippen molar-refractivity contribution >= 4 is 5.96 Å². The molecule has 0 saturated carbocycles. The molecule has 6 nitrogen and oxygen atoms in total. The third kappa shape index (κ3) is 4.96. The van der Waals surface area contributed by atoms with E-state index in [2.05, 4.69) is 41.1 Å². The Morgan fingerprint density at radius 1 is 1.48 bits per heavy atom. The van der Waals surface area contributed by atoms with Crippen LogP contribution in [-0.4, -0.2) is 41.7 Å². The number of likely N-dealkylation sites (tertiary alicyclic amines) is 1. The molecule has 2 heterocycles. The van der Waals surface area contributed by atoms with Gasteiger partial charge in [0.1, 0.15) is 6.54 Å². The van der Waals surface area contributed by atoms with Crippen LogP contribution in [0.15, 0.2) is 15.6 Å². The first-order chi connectivity index (χ1) is 11.2. The normalized spacial score (nSPS) is 19.7. The van der Waals surface area contributed by atoms with E-state index in [1.165, 1.54) is 19.4 Å². The molecule has 6 heteroatoms. The highest BCUT2D eigenvalue weighted by Crippen LogP contribution is 2.22. The Bertz CT molecular complexity index is 495. The molecule has 1 fully saturated rings. The molecule has 1 unspecified atom stereocenters. The average molecular weight is 321 g/mol. The van der Waals surface area contributed by atoms with E-state index >= 15 is 0 Å². The predicted octanol–water partition coefficient (Wildman–Crippen LogP) is 2.47. The molecule has 0 radical (unpaired) electrons. The maximum Gasteiger partial charge on any atom is 0.189 e. The molecular weight excluding hydrogens is 290 g/mol. The fourth-order valence-electron chi connectivity index (χ4n) is 3.29. The van der Waals surface area contributed by atoms with Gasteiger partial charge in [-0.1, -0.05) is 25.9 Å². The van der Waals surface area contributed by atoms with E-state index in [4.69, 9.17) is 10.3 Å².